The lowest BCUT2D eigenvalue weighted by Crippen LogP contribution is -1.93. The largest absolute Gasteiger partial charge is 0.388 e. The Morgan fingerprint density at radius 2 is 1.31 bits per heavy atom. The number of rotatable bonds is 1. The van der Waals surface area contributed by atoms with Crippen molar-refractivity contribution in [2.45, 2.75) is 34.6 Å². The zero-order chi connectivity index (χ0) is 10.4. The summed E-state index contributed by atoms with van der Waals surface area (Å²) in [5, 5.41) is 3.16. The minimum absolute atomic E-state index is 1.23. The Morgan fingerprint density at radius 1 is 0.846 bits per heavy atom. The van der Waals surface area contributed by atoms with Gasteiger partial charge in [0.05, 0.1) is 0 Å². The van der Waals surface area contributed by atoms with Crippen LogP contribution in [0.15, 0.2) is 12.1 Å². The summed E-state index contributed by atoms with van der Waals surface area (Å²) in [6, 6.07) is 4.39. The average Bonchev–Trinajstić information content (AvgIpc) is 2.15. The fourth-order valence-corrected chi connectivity index (χ4v) is 1.23. The normalized spacial score (nSPS) is 8.77. The van der Waals surface area contributed by atoms with Crippen molar-refractivity contribution < 1.29 is 0 Å². The Kier molecular flexibility index (Phi) is 5.20. The van der Waals surface area contributed by atoms with E-state index >= 15 is 0 Å². The molecule has 0 saturated carbocycles. The van der Waals surface area contributed by atoms with Gasteiger partial charge in [-0.15, -0.1) is 0 Å². The summed E-state index contributed by atoms with van der Waals surface area (Å²) in [6.07, 6.45) is 0. The predicted molar refractivity (Wildman–Crippen MR) is 61.5 cm³/mol. The number of hydrogen-bond donors (Lipinski definition) is 1. The number of hydrogen-bond acceptors (Lipinski definition) is 1. The molecule has 0 fully saturated rings. The lowest BCUT2D eigenvalue weighted by atomic mass is 10.1. The molecule has 0 aliphatic rings. The summed E-state index contributed by atoms with van der Waals surface area (Å²) in [7, 11) is 1.96. The molecular weight excluding hydrogens is 158 g/mol. The van der Waals surface area contributed by atoms with Gasteiger partial charge < -0.3 is 5.32 Å². The van der Waals surface area contributed by atoms with Crippen molar-refractivity contribution in [2.75, 3.05) is 12.4 Å². The van der Waals surface area contributed by atoms with Crippen molar-refractivity contribution in [3.8, 4) is 0 Å². The van der Waals surface area contributed by atoms with Gasteiger partial charge in [-0.2, -0.15) is 0 Å². The first-order chi connectivity index (χ1) is 6.15. The smallest absolute Gasteiger partial charge is 0.0370 e. The van der Waals surface area contributed by atoms with E-state index in [9.17, 15) is 0 Å². The Balaban J connectivity index is 0.000000671. The molecule has 0 aliphatic carbocycles. The zero-order valence-corrected chi connectivity index (χ0v) is 9.65. The molecule has 0 radical (unpaired) electrons. The second-order valence-corrected chi connectivity index (χ2v) is 3.00. The molecule has 0 saturated heterocycles. The van der Waals surface area contributed by atoms with Crippen LogP contribution in [0.25, 0.3) is 0 Å². The van der Waals surface area contributed by atoms with Gasteiger partial charge in [-0.1, -0.05) is 19.9 Å². The minimum atomic E-state index is 1.23. The van der Waals surface area contributed by atoms with E-state index in [4.69, 9.17) is 0 Å². The molecule has 1 N–H and O–H groups in total. The highest BCUT2D eigenvalue weighted by Gasteiger charge is 1.98. The van der Waals surface area contributed by atoms with Gasteiger partial charge in [-0.05, 0) is 43.5 Å². The van der Waals surface area contributed by atoms with Crippen molar-refractivity contribution in [3.63, 3.8) is 0 Å². The average molecular weight is 179 g/mol. The molecule has 13 heavy (non-hydrogen) atoms. The molecule has 74 valence electrons. The first-order valence-corrected chi connectivity index (χ1v) is 4.90. The Hall–Kier alpha value is -0.980. The lowest BCUT2D eigenvalue weighted by Gasteiger charge is -2.08. The maximum absolute atomic E-state index is 3.16. The van der Waals surface area contributed by atoms with E-state index < -0.39 is 0 Å². The molecule has 0 spiro atoms. The Labute approximate surface area is 82.2 Å². The third-order valence-electron chi connectivity index (χ3n) is 2.11. The second kappa shape index (κ2) is 5.63. The van der Waals surface area contributed by atoms with Crippen LogP contribution in [0.1, 0.15) is 30.5 Å². The van der Waals surface area contributed by atoms with Crippen molar-refractivity contribution in [1.82, 2.24) is 0 Å². The molecule has 1 aromatic carbocycles. The summed E-state index contributed by atoms with van der Waals surface area (Å²) in [5.74, 6) is 0. The Bertz CT molecular complexity index is 264. The molecule has 0 bridgehead atoms. The monoisotopic (exact) mass is 179 g/mol. The fourth-order valence-electron chi connectivity index (χ4n) is 1.23. The first-order valence-electron chi connectivity index (χ1n) is 4.90. The van der Waals surface area contributed by atoms with E-state index in [2.05, 4.69) is 38.2 Å². The molecule has 0 unspecified atom stereocenters. The topological polar surface area (TPSA) is 12.0 Å². The maximum atomic E-state index is 3.16. The molecular formula is C12H21N. The third-order valence-corrected chi connectivity index (χ3v) is 2.11. The van der Waals surface area contributed by atoms with Crippen LogP contribution in [0, 0.1) is 20.8 Å². The number of nitrogens with one attached hydrogen (secondary N) is 1. The molecule has 0 aliphatic heterocycles. The van der Waals surface area contributed by atoms with E-state index in [1.165, 1.54) is 22.4 Å². The van der Waals surface area contributed by atoms with E-state index in [-0.39, 0.29) is 0 Å². The van der Waals surface area contributed by atoms with Crippen molar-refractivity contribution in [3.05, 3.63) is 28.8 Å². The molecule has 1 aromatic rings. The standard InChI is InChI=1S/C10H15N.C2H6/c1-7-5-9(3)10(11-4)6-8(7)2;1-2/h5-6,11H,1-4H3;1-2H3. The predicted octanol–water partition coefficient (Wildman–Crippen LogP) is 3.68. The molecule has 0 amide bonds. The van der Waals surface area contributed by atoms with Crippen LogP contribution in [0.4, 0.5) is 5.69 Å². The Morgan fingerprint density at radius 3 is 1.77 bits per heavy atom. The van der Waals surface area contributed by atoms with Crippen molar-refractivity contribution >= 4 is 5.69 Å². The molecule has 1 rings (SSSR count). The van der Waals surface area contributed by atoms with Crippen LogP contribution >= 0.6 is 0 Å². The van der Waals surface area contributed by atoms with E-state index in [0.29, 0.717) is 0 Å². The van der Waals surface area contributed by atoms with Crippen molar-refractivity contribution in [1.29, 1.82) is 0 Å². The van der Waals surface area contributed by atoms with Gasteiger partial charge >= 0.3 is 0 Å². The van der Waals surface area contributed by atoms with Crippen LogP contribution in [-0.2, 0) is 0 Å². The summed E-state index contributed by atoms with van der Waals surface area (Å²) in [6.45, 7) is 10.4. The quantitative estimate of drug-likeness (QED) is 0.693. The number of benzene rings is 1. The van der Waals surface area contributed by atoms with Gasteiger partial charge in [0.25, 0.3) is 0 Å². The second-order valence-electron chi connectivity index (χ2n) is 3.00. The van der Waals surface area contributed by atoms with Crippen LogP contribution in [0.3, 0.4) is 0 Å². The number of aryl methyl sites for hydroxylation is 3. The van der Waals surface area contributed by atoms with Gasteiger partial charge in [-0.3, -0.25) is 0 Å². The lowest BCUT2D eigenvalue weighted by molar-refractivity contribution is 1.28. The third kappa shape index (κ3) is 3.10. The minimum Gasteiger partial charge on any atom is -0.388 e. The van der Waals surface area contributed by atoms with Crippen LogP contribution in [0.5, 0.6) is 0 Å². The molecule has 0 atom stereocenters. The highest BCUT2D eigenvalue weighted by Crippen LogP contribution is 2.18. The molecule has 0 aromatic heterocycles. The van der Waals surface area contributed by atoms with E-state index in [1.54, 1.807) is 0 Å². The summed E-state index contributed by atoms with van der Waals surface area (Å²) >= 11 is 0. The molecule has 0 heterocycles. The summed E-state index contributed by atoms with van der Waals surface area (Å²) < 4.78 is 0. The van der Waals surface area contributed by atoms with E-state index in [0.717, 1.165) is 0 Å². The summed E-state index contributed by atoms with van der Waals surface area (Å²) in [5.41, 5.74) is 5.25. The fraction of sp³-hybridized carbons (Fsp3) is 0.500. The highest BCUT2D eigenvalue weighted by molar-refractivity contribution is 5.54. The SMILES string of the molecule is CC.CNc1cc(C)c(C)cc1C. The first kappa shape index (κ1) is 12.0. The van der Waals surface area contributed by atoms with E-state index in [1.807, 2.05) is 20.9 Å². The van der Waals surface area contributed by atoms with Gasteiger partial charge in [0, 0.05) is 12.7 Å². The highest BCUT2D eigenvalue weighted by atomic mass is 14.8. The molecule has 1 nitrogen and oxygen atoms in total. The van der Waals surface area contributed by atoms with Gasteiger partial charge in [-0.25, -0.2) is 0 Å². The van der Waals surface area contributed by atoms with Crippen LogP contribution in [-0.4, -0.2) is 7.05 Å². The molecule has 1 heteroatoms. The van der Waals surface area contributed by atoms with Crippen molar-refractivity contribution in [2.24, 2.45) is 0 Å². The van der Waals surface area contributed by atoms with Crippen LogP contribution in [0.2, 0.25) is 0 Å². The van der Waals surface area contributed by atoms with Gasteiger partial charge in [0.1, 0.15) is 0 Å². The maximum Gasteiger partial charge on any atom is 0.0370 e. The number of anilines is 1. The van der Waals surface area contributed by atoms with Gasteiger partial charge in [0.2, 0.25) is 0 Å². The zero-order valence-electron chi connectivity index (χ0n) is 9.65. The van der Waals surface area contributed by atoms with Crippen LogP contribution < -0.4 is 5.32 Å². The van der Waals surface area contributed by atoms with Gasteiger partial charge in [0.15, 0.2) is 0 Å². The summed E-state index contributed by atoms with van der Waals surface area (Å²) in [4.78, 5) is 0.